The second-order valence-corrected chi connectivity index (χ2v) is 4.46. The molecule has 0 aliphatic carbocycles. The number of amides is 1. The van der Waals surface area contributed by atoms with Crippen LogP contribution in [0, 0.1) is 0 Å². The van der Waals surface area contributed by atoms with Gasteiger partial charge in [-0.2, -0.15) is 0 Å². The molecule has 1 aliphatic rings. The third kappa shape index (κ3) is 4.32. The zero-order valence-corrected chi connectivity index (χ0v) is 11.8. The average Bonchev–Trinajstić information content (AvgIpc) is 3.05. The molecular formula is C15H17NO5. The Labute approximate surface area is 122 Å². The molecule has 0 saturated carbocycles. The van der Waals surface area contributed by atoms with E-state index in [2.05, 4.69) is 10.1 Å². The Morgan fingerprint density at radius 1 is 1.29 bits per heavy atom. The van der Waals surface area contributed by atoms with E-state index in [9.17, 15) is 9.59 Å². The molecule has 1 heterocycles. The summed E-state index contributed by atoms with van der Waals surface area (Å²) in [6.45, 7) is 0.965. The number of esters is 1. The summed E-state index contributed by atoms with van der Waals surface area (Å²) < 4.78 is 14.9. The van der Waals surface area contributed by atoms with Gasteiger partial charge in [0.1, 0.15) is 12.3 Å². The molecule has 0 aromatic heterocycles. The maximum absolute atomic E-state index is 11.8. The Morgan fingerprint density at radius 2 is 2.05 bits per heavy atom. The van der Waals surface area contributed by atoms with E-state index in [1.54, 1.807) is 0 Å². The van der Waals surface area contributed by atoms with E-state index >= 15 is 0 Å². The molecule has 21 heavy (non-hydrogen) atoms. The Kier molecular flexibility index (Phi) is 5.34. The van der Waals surface area contributed by atoms with Crippen LogP contribution < -0.4 is 5.32 Å². The van der Waals surface area contributed by atoms with Gasteiger partial charge in [0, 0.05) is 0 Å². The molecule has 6 heteroatoms. The van der Waals surface area contributed by atoms with Crippen LogP contribution in [0.25, 0.3) is 0 Å². The van der Waals surface area contributed by atoms with Gasteiger partial charge in [-0.1, -0.05) is 30.3 Å². The summed E-state index contributed by atoms with van der Waals surface area (Å²) in [5.41, 5.74) is 1.68. The highest BCUT2D eigenvalue weighted by Gasteiger charge is 2.22. The molecule has 1 aromatic rings. The Hall–Kier alpha value is -2.34. The van der Waals surface area contributed by atoms with Crippen molar-refractivity contribution in [3.05, 3.63) is 47.2 Å². The molecule has 6 nitrogen and oxygen atoms in total. The fourth-order valence-corrected chi connectivity index (χ4v) is 1.91. The smallest absolute Gasteiger partial charge is 0.412 e. The van der Waals surface area contributed by atoms with E-state index in [1.165, 1.54) is 7.11 Å². The molecule has 0 bridgehead atoms. The second-order valence-electron chi connectivity index (χ2n) is 4.46. The zero-order chi connectivity index (χ0) is 15.1. The molecular weight excluding hydrogens is 274 g/mol. The van der Waals surface area contributed by atoms with E-state index in [1.807, 2.05) is 30.3 Å². The molecule has 112 valence electrons. The number of methoxy groups -OCH3 is 1. The summed E-state index contributed by atoms with van der Waals surface area (Å²) >= 11 is 0. The maximum Gasteiger partial charge on any atom is 0.412 e. The van der Waals surface area contributed by atoms with Crippen LogP contribution in [-0.2, 0) is 25.6 Å². The van der Waals surface area contributed by atoms with Gasteiger partial charge in [0.15, 0.2) is 0 Å². The van der Waals surface area contributed by atoms with E-state index < -0.39 is 12.1 Å². The number of carbonyl (C=O) groups excluding carboxylic acids is 2. The SMILES string of the molecule is COC(=O)/C(NC(=O)OCc1ccccc1)=C1\CCOC1. The monoisotopic (exact) mass is 291 g/mol. The quantitative estimate of drug-likeness (QED) is 0.676. The van der Waals surface area contributed by atoms with Crippen LogP contribution >= 0.6 is 0 Å². The van der Waals surface area contributed by atoms with Crippen LogP contribution in [0.2, 0.25) is 0 Å². The van der Waals surface area contributed by atoms with Crippen LogP contribution in [0.3, 0.4) is 0 Å². The van der Waals surface area contributed by atoms with Crippen molar-refractivity contribution in [2.45, 2.75) is 13.0 Å². The van der Waals surface area contributed by atoms with E-state index in [0.29, 0.717) is 25.2 Å². The van der Waals surface area contributed by atoms with Crippen LogP contribution in [-0.4, -0.2) is 32.4 Å². The molecule has 2 rings (SSSR count). The van der Waals surface area contributed by atoms with Crippen molar-refractivity contribution >= 4 is 12.1 Å². The first-order valence-electron chi connectivity index (χ1n) is 6.56. The maximum atomic E-state index is 11.8. The van der Waals surface area contributed by atoms with Crippen molar-refractivity contribution in [3.63, 3.8) is 0 Å². The highest BCUT2D eigenvalue weighted by molar-refractivity contribution is 5.93. The highest BCUT2D eigenvalue weighted by Crippen LogP contribution is 2.15. The molecule has 1 N–H and O–H groups in total. The summed E-state index contributed by atoms with van der Waals surface area (Å²) in [4.78, 5) is 23.5. The molecule has 1 saturated heterocycles. The topological polar surface area (TPSA) is 73.9 Å². The number of hydrogen-bond acceptors (Lipinski definition) is 5. The number of nitrogens with one attached hydrogen (secondary N) is 1. The predicted octanol–water partition coefficient (Wildman–Crippen LogP) is 1.76. The molecule has 0 atom stereocenters. The molecule has 0 radical (unpaired) electrons. The number of hydrogen-bond donors (Lipinski definition) is 1. The molecule has 1 aliphatic heterocycles. The van der Waals surface area contributed by atoms with E-state index in [-0.39, 0.29) is 12.3 Å². The lowest BCUT2D eigenvalue weighted by Gasteiger charge is -2.11. The number of ether oxygens (including phenoxy) is 3. The fraction of sp³-hybridized carbons (Fsp3) is 0.333. The first kappa shape index (κ1) is 15.1. The highest BCUT2D eigenvalue weighted by atomic mass is 16.6. The third-order valence-corrected chi connectivity index (χ3v) is 3.01. The number of alkyl carbamates (subject to hydrolysis) is 1. The van der Waals surface area contributed by atoms with Gasteiger partial charge in [0.05, 0.1) is 20.3 Å². The summed E-state index contributed by atoms with van der Waals surface area (Å²) in [7, 11) is 1.26. The van der Waals surface area contributed by atoms with Gasteiger partial charge < -0.3 is 14.2 Å². The summed E-state index contributed by atoms with van der Waals surface area (Å²) in [5.74, 6) is -0.604. The lowest BCUT2D eigenvalue weighted by molar-refractivity contribution is -0.136. The first-order chi connectivity index (χ1) is 10.2. The van der Waals surface area contributed by atoms with Gasteiger partial charge in [-0.15, -0.1) is 0 Å². The van der Waals surface area contributed by atoms with Gasteiger partial charge in [0.2, 0.25) is 0 Å². The number of benzene rings is 1. The normalized spacial score (nSPS) is 16.2. The van der Waals surface area contributed by atoms with Gasteiger partial charge in [-0.25, -0.2) is 9.59 Å². The second kappa shape index (κ2) is 7.44. The Morgan fingerprint density at radius 3 is 2.67 bits per heavy atom. The molecule has 1 fully saturated rings. The minimum absolute atomic E-state index is 0.105. The van der Waals surface area contributed by atoms with Crippen LogP contribution in [0.15, 0.2) is 41.6 Å². The lowest BCUT2D eigenvalue weighted by atomic mass is 10.2. The van der Waals surface area contributed by atoms with Crippen LogP contribution in [0.1, 0.15) is 12.0 Å². The van der Waals surface area contributed by atoms with Crippen molar-refractivity contribution in [3.8, 4) is 0 Å². The van der Waals surface area contributed by atoms with E-state index in [4.69, 9.17) is 9.47 Å². The first-order valence-corrected chi connectivity index (χ1v) is 6.56. The van der Waals surface area contributed by atoms with Gasteiger partial charge in [-0.05, 0) is 17.6 Å². The Bertz CT molecular complexity index is 530. The largest absolute Gasteiger partial charge is 0.464 e. The van der Waals surface area contributed by atoms with Crippen molar-refractivity contribution in [1.82, 2.24) is 5.32 Å². The standard InChI is InChI=1S/C15H17NO5/c1-19-14(17)13(12-7-8-20-10-12)16-15(18)21-9-11-5-3-2-4-6-11/h2-6H,7-10H2,1H3,(H,16,18)/b13-12-. The molecule has 1 aromatic carbocycles. The van der Waals surface area contributed by atoms with E-state index in [0.717, 1.165) is 5.56 Å². The number of rotatable bonds is 4. The van der Waals surface area contributed by atoms with Crippen LogP contribution in [0.5, 0.6) is 0 Å². The lowest BCUT2D eigenvalue weighted by Crippen LogP contribution is -2.30. The summed E-state index contributed by atoms with van der Waals surface area (Å²) in [5, 5.41) is 2.44. The Balaban J connectivity index is 1.95. The third-order valence-electron chi connectivity index (χ3n) is 3.01. The molecule has 1 amide bonds. The molecule has 0 unspecified atom stereocenters. The summed E-state index contributed by atoms with van der Waals surface area (Å²) in [6, 6.07) is 9.28. The van der Waals surface area contributed by atoms with Gasteiger partial charge in [0.25, 0.3) is 0 Å². The van der Waals surface area contributed by atoms with Gasteiger partial charge >= 0.3 is 12.1 Å². The summed E-state index contributed by atoms with van der Waals surface area (Å²) in [6.07, 6.45) is -0.109. The van der Waals surface area contributed by atoms with Crippen molar-refractivity contribution in [1.29, 1.82) is 0 Å². The average molecular weight is 291 g/mol. The van der Waals surface area contributed by atoms with Crippen molar-refractivity contribution in [2.75, 3.05) is 20.3 Å². The van der Waals surface area contributed by atoms with Crippen molar-refractivity contribution < 1.29 is 23.8 Å². The van der Waals surface area contributed by atoms with Crippen LogP contribution in [0.4, 0.5) is 4.79 Å². The van der Waals surface area contributed by atoms with Crippen molar-refractivity contribution in [2.24, 2.45) is 0 Å². The zero-order valence-electron chi connectivity index (χ0n) is 11.8. The van der Waals surface area contributed by atoms with Gasteiger partial charge in [-0.3, -0.25) is 5.32 Å². The fourth-order valence-electron chi connectivity index (χ4n) is 1.91. The minimum atomic E-state index is -0.696. The predicted molar refractivity (Wildman–Crippen MR) is 74.2 cm³/mol. The number of carbonyl (C=O) groups is 2. The minimum Gasteiger partial charge on any atom is -0.464 e. The molecule has 0 spiro atoms.